The third-order valence-corrected chi connectivity index (χ3v) is 7.20. The predicted octanol–water partition coefficient (Wildman–Crippen LogP) is 6.05. The first kappa shape index (κ1) is 34.0. The number of hydrogen-bond donors (Lipinski definition) is 3. The Hall–Kier alpha value is -3.20. The summed E-state index contributed by atoms with van der Waals surface area (Å²) in [6.07, 6.45) is 3.06. The zero-order valence-electron chi connectivity index (χ0n) is 25.5. The Kier molecular flexibility index (Phi) is 13.5. The summed E-state index contributed by atoms with van der Waals surface area (Å²) in [6, 6.07) is 13.7. The van der Waals surface area contributed by atoms with Gasteiger partial charge in [0.25, 0.3) is 0 Å². The average molecular weight is 586 g/mol. The van der Waals surface area contributed by atoms with Gasteiger partial charge in [-0.2, -0.15) is 11.8 Å². The molecule has 0 aliphatic rings. The molecule has 0 radical (unpaired) electrons. The summed E-state index contributed by atoms with van der Waals surface area (Å²) in [5.74, 6) is 0.103. The number of nitrogens with one attached hydrogen (secondary N) is 2. The van der Waals surface area contributed by atoms with Crippen molar-refractivity contribution < 1.29 is 24.2 Å². The lowest BCUT2D eigenvalue weighted by atomic mass is 9.96. The normalized spacial score (nSPS) is 13.7. The van der Waals surface area contributed by atoms with E-state index in [1.807, 2.05) is 43.5 Å². The highest BCUT2D eigenvalue weighted by molar-refractivity contribution is 7.98. The number of ether oxygens (including phenoxy) is 1. The number of phenolic OH excluding ortho intramolecular Hbond substituents is 1. The topological polar surface area (TPSA) is 108 Å². The molecule has 2 aromatic carbocycles. The molecular weight excluding hydrogens is 538 g/mol. The molecule has 0 spiro atoms. The van der Waals surface area contributed by atoms with Crippen LogP contribution in [0.4, 0.5) is 4.79 Å². The fraction of sp³-hybridized carbons (Fsp3) is 0.531. The first-order valence-electron chi connectivity index (χ1n) is 14.2. The number of benzene rings is 2. The van der Waals surface area contributed by atoms with Crippen LogP contribution in [0.15, 0.2) is 54.6 Å². The zero-order valence-corrected chi connectivity index (χ0v) is 26.3. The molecule has 226 valence electrons. The number of carbonyl (C=O) groups excluding carboxylic acids is 3. The molecule has 9 heteroatoms. The minimum Gasteiger partial charge on any atom is -0.508 e. The molecule has 0 aliphatic heterocycles. The van der Waals surface area contributed by atoms with Gasteiger partial charge in [0.2, 0.25) is 11.8 Å². The van der Waals surface area contributed by atoms with Crippen LogP contribution in [0.2, 0.25) is 0 Å². The Balaban J connectivity index is 2.55. The van der Waals surface area contributed by atoms with Crippen LogP contribution in [-0.4, -0.2) is 57.6 Å². The number of hydrogen-bond acceptors (Lipinski definition) is 6. The van der Waals surface area contributed by atoms with Crippen molar-refractivity contribution in [3.05, 3.63) is 65.7 Å². The molecule has 0 fully saturated rings. The minimum atomic E-state index is -1.12. The molecule has 3 N–H and O–H groups in total. The van der Waals surface area contributed by atoms with Crippen molar-refractivity contribution in [1.29, 1.82) is 0 Å². The molecule has 0 saturated carbocycles. The maximum Gasteiger partial charge on any atom is 0.408 e. The van der Waals surface area contributed by atoms with E-state index in [-0.39, 0.29) is 18.3 Å². The smallest absolute Gasteiger partial charge is 0.408 e. The fourth-order valence-corrected chi connectivity index (χ4v) is 4.92. The zero-order chi connectivity index (χ0) is 30.6. The highest BCUT2D eigenvalue weighted by atomic mass is 32.2. The van der Waals surface area contributed by atoms with Crippen molar-refractivity contribution >= 4 is 29.7 Å². The van der Waals surface area contributed by atoms with Crippen LogP contribution in [0.3, 0.4) is 0 Å². The molecule has 0 saturated heterocycles. The van der Waals surface area contributed by atoms with Crippen molar-refractivity contribution in [2.75, 3.05) is 12.0 Å². The van der Waals surface area contributed by atoms with Crippen LogP contribution in [0.5, 0.6) is 5.75 Å². The summed E-state index contributed by atoms with van der Waals surface area (Å²) in [5.41, 5.74) is 0.493. The molecule has 2 rings (SSSR count). The molecule has 0 aromatic heterocycles. The SMILES string of the molecule is CSCCC(NC(=O)OC(C)(C)C)C(=O)N(C(C)CCC(C)C)C(C(=O)NCc1ccccc1)c1ccccc1O. The number of rotatable bonds is 14. The molecule has 2 aromatic rings. The summed E-state index contributed by atoms with van der Waals surface area (Å²) in [7, 11) is 0. The Morgan fingerprint density at radius 2 is 1.59 bits per heavy atom. The summed E-state index contributed by atoms with van der Waals surface area (Å²) in [4.78, 5) is 42.7. The predicted molar refractivity (Wildman–Crippen MR) is 166 cm³/mol. The molecular formula is C32H47N3O5S. The van der Waals surface area contributed by atoms with E-state index in [1.165, 1.54) is 6.07 Å². The number of nitrogens with zero attached hydrogens (tertiary/aromatic N) is 1. The molecule has 8 nitrogen and oxygen atoms in total. The Morgan fingerprint density at radius 1 is 0.951 bits per heavy atom. The van der Waals surface area contributed by atoms with Gasteiger partial charge in [0.1, 0.15) is 23.4 Å². The maximum absolute atomic E-state index is 14.4. The molecule has 0 bridgehead atoms. The van der Waals surface area contributed by atoms with Gasteiger partial charge in [-0.15, -0.1) is 0 Å². The van der Waals surface area contributed by atoms with Gasteiger partial charge in [0, 0.05) is 18.2 Å². The van der Waals surface area contributed by atoms with Crippen molar-refractivity contribution in [2.45, 2.75) is 91.1 Å². The quantitative estimate of drug-likeness (QED) is 0.249. The fourth-order valence-electron chi connectivity index (χ4n) is 4.45. The van der Waals surface area contributed by atoms with Crippen molar-refractivity contribution in [3.8, 4) is 5.75 Å². The molecule has 3 amide bonds. The van der Waals surface area contributed by atoms with Crippen molar-refractivity contribution in [2.24, 2.45) is 5.92 Å². The Bertz CT molecular complexity index is 1120. The third-order valence-electron chi connectivity index (χ3n) is 6.56. The summed E-state index contributed by atoms with van der Waals surface area (Å²) >= 11 is 1.56. The van der Waals surface area contributed by atoms with Crippen LogP contribution in [0.1, 0.15) is 78.0 Å². The van der Waals surface area contributed by atoms with Crippen LogP contribution in [0.25, 0.3) is 0 Å². The largest absolute Gasteiger partial charge is 0.508 e. The second-order valence-corrected chi connectivity index (χ2v) is 12.7. The van der Waals surface area contributed by atoms with Gasteiger partial charge in [-0.25, -0.2) is 4.79 Å². The number of aromatic hydroxyl groups is 1. The van der Waals surface area contributed by atoms with E-state index in [0.717, 1.165) is 12.0 Å². The number of para-hydroxylation sites is 1. The van der Waals surface area contributed by atoms with E-state index in [0.29, 0.717) is 30.1 Å². The van der Waals surface area contributed by atoms with E-state index >= 15 is 0 Å². The first-order valence-corrected chi connectivity index (χ1v) is 15.6. The van der Waals surface area contributed by atoms with E-state index in [1.54, 1.807) is 55.6 Å². The number of phenols is 1. The number of carbonyl (C=O) groups is 3. The summed E-state index contributed by atoms with van der Waals surface area (Å²) in [5, 5.41) is 16.6. The highest BCUT2D eigenvalue weighted by Gasteiger charge is 2.39. The van der Waals surface area contributed by atoms with Crippen LogP contribution < -0.4 is 10.6 Å². The van der Waals surface area contributed by atoms with Gasteiger partial charge < -0.3 is 25.4 Å². The standard InChI is InChI=1S/C32H47N3O5S/c1-22(2)17-18-23(3)35(30(38)26(19-20-41-7)34-31(39)40-32(4,5)6)28(25-15-11-12-16-27(25)36)29(37)33-21-24-13-9-8-10-14-24/h8-16,22-23,26,28,36H,17-21H2,1-7H3,(H,33,37)(H,34,39). The van der Waals surface area contributed by atoms with Crippen LogP contribution in [-0.2, 0) is 20.9 Å². The highest BCUT2D eigenvalue weighted by Crippen LogP contribution is 2.33. The summed E-state index contributed by atoms with van der Waals surface area (Å²) < 4.78 is 5.47. The molecule has 0 aliphatic carbocycles. The minimum absolute atomic E-state index is 0.0815. The molecule has 41 heavy (non-hydrogen) atoms. The van der Waals surface area contributed by atoms with E-state index in [2.05, 4.69) is 24.5 Å². The van der Waals surface area contributed by atoms with Gasteiger partial charge in [0.05, 0.1) is 0 Å². The van der Waals surface area contributed by atoms with Crippen molar-refractivity contribution in [3.63, 3.8) is 0 Å². The van der Waals surface area contributed by atoms with Gasteiger partial charge in [-0.05, 0) is 76.5 Å². The van der Waals surface area contributed by atoms with Crippen molar-refractivity contribution in [1.82, 2.24) is 15.5 Å². The van der Waals surface area contributed by atoms with E-state index in [4.69, 9.17) is 4.74 Å². The first-order chi connectivity index (χ1) is 19.3. The monoisotopic (exact) mass is 585 g/mol. The van der Waals surface area contributed by atoms with E-state index in [9.17, 15) is 19.5 Å². The van der Waals surface area contributed by atoms with Gasteiger partial charge >= 0.3 is 6.09 Å². The number of amides is 3. The maximum atomic E-state index is 14.4. The van der Waals surface area contributed by atoms with Gasteiger partial charge in [0.15, 0.2) is 0 Å². The lowest BCUT2D eigenvalue weighted by Gasteiger charge is -2.39. The lowest BCUT2D eigenvalue weighted by Crippen LogP contribution is -2.55. The third kappa shape index (κ3) is 11.3. The lowest BCUT2D eigenvalue weighted by molar-refractivity contribution is -0.145. The summed E-state index contributed by atoms with van der Waals surface area (Å²) in [6.45, 7) is 11.7. The van der Waals surface area contributed by atoms with E-state index < -0.39 is 35.6 Å². The molecule has 3 unspecified atom stereocenters. The second kappa shape index (κ2) is 16.3. The molecule has 3 atom stereocenters. The Morgan fingerprint density at radius 3 is 2.17 bits per heavy atom. The second-order valence-electron chi connectivity index (χ2n) is 11.7. The van der Waals surface area contributed by atoms with Crippen LogP contribution in [0, 0.1) is 5.92 Å². The molecule has 0 heterocycles. The average Bonchev–Trinajstić information content (AvgIpc) is 2.91. The van der Waals surface area contributed by atoms with Gasteiger partial charge in [-0.1, -0.05) is 62.4 Å². The number of thioether (sulfide) groups is 1. The Labute approximate surface area is 249 Å². The van der Waals surface area contributed by atoms with Crippen LogP contribution >= 0.6 is 11.8 Å². The number of alkyl carbamates (subject to hydrolysis) is 1. The van der Waals surface area contributed by atoms with Gasteiger partial charge in [-0.3, -0.25) is 9.59 Å².